The maximum atomic E-state index is 13.2. The molecule has 1 saturated carbocycles. The van der Waals surface area contributed by atoms with Gasteiger partial charge in [-0.15, -0.1) is 21.5 Å². The predicted octanol–water partition coefficient (Wildman–Crippen LogP) is 7.02. The minimum Gasteiger partial charge on any atom is -0.481 e. The minimum absolute atomic E-state index is 0.0318. The summed E-state index contributed by atoms with van der Waals surface area (Å²) in [6.45, 7) is 3.89. The van der Waals surface area contributed by atoms with Crippen LogP contribution in [0.2, 0.25) is 0 Å². The zero-order chi connectivity index (χ0) is 31.9. The molecule has 0 aliphatic heterocycles. The second-order valence-electron chi connectivity index (χ2n) is 11.9. The highest BCUT2D eigenvalue weighted by atomic mass is 32.2. The molecule has 1 aliphatic rings. The Hall–Kier alpha value is -3.36. The van der Waals surface area contributed by atoms with E-state index >= 15 is 0 Å². The molecule has 1 atom stereocenters. The molecule has 2 heterocycles. The van der Waals surface area contributed by atoms with E-state index in [2.05, 4.69) is 10.2 Å². The second kappa shape index (κ2) is 12.2. The van der Waals surface area contributed by atoms with Crippen LogP contribution in [0.15, 0.2) is 45.7 Å². The highest BCUT2D eigenvalue weighted by Crippen LogP contribution is 2.42. The molecule has 236 valence electrons. The van der Waals surface area contributed by atoms with Gasteiger partial charge in [-0.25, -0.2) is 13.4 Å². The summed E-state index contributed by atoms with van der Waals surface area (Å²) in [5, 5.41) is 18.9. The van der Waals surface area contributed by atoms with E-state index in [0.717, 1.165) is 43.2 Å². The van der Waals surface area contributed by atoms with Crippen molar-refractivity contribution in [3.63, 3.8) is 0 Å². The van der Waals surface area contributed by atoms with Crippen molar-refractivity contribution in [2.75, 3.05) is 0 Å². The quantitative estimate of drug-likeness (QED) is 0.187. The molecule has 2 N–H and O–H groups in total. The zero-order valence-corrected chi connectivity index (χ0v) is 26.1. The Kier molecular flexibility index (Phi) is 8.89. The van der Waals surface area contributed by atoms with Crippen LogP contribution >= 0.6 is 11.3 Å². The van der Waals surface area contributed by atoms with Crippen molar-refractivity contribution in [1.82, 2.24) is 19.9 Å². The van der Waals surface area contributed by atoms with E-state index in [9.17, 15) is 31.5 Å². The molecule has 0 spiro atoms. The average Bonchev–Trinajstić information content (AvgIpc) is 3.59. The molecular formula is C30H33F3N4O5S2. The minimum atomic E-state index is -4.74. The summed E-state index contributed by atoms with van der Waals surface area (Å²) in [6.07, 6.45) is 1.52. The lowest BCUT2D eigenvalue weighted by Crippen LogP contribution is -2.43. The first-order valence-corrected chi connectivity index (χ1v) is 16.6. The van der Waals surface area contributed by atoms with Gasteiger partial charge in [-0.05, 0) is 44.6 Å². The van der Waals surface area contributed by atoms with Gasteiger partial charge in [0, 0.05) is 17.4 Å². The first kappa shape index (κ1) is 32.0. The van der Waals surface area contributed by atoms with Crippen LogP contribution < -0.4 is 4.72 Å². The van der Waals surface area contributed by atoms with Crippen LogP contribution in [-0.2, 0) is 27.7 Å². The van der Waals surface area contributed by atoms with Crippen LogP contribution in [0.3, 0.4) is 0 Å². The Morgan fingerprint density at radius 1 is 1.09 bits per heavy atom. The van der Waals surface area contributed by atoms with Gasteiger partial charge < -0.3 is 9.52 Å². The molecule has 0 saturated heterocycles. The molecule has 0 radical (unpaired) electrons. The Labute approximate surface area is 257 Å². The average molecular weight is 651 g/mol. The predicted molar refractivity (Wildman–Crippen MR) is 160 cm³/mol. The van der Waals surface area contributed by atoms with Crippen LogP contribution in [0.5, 0.6) is 0 Å². The lowest BCUT2D eigenvalue weighted by molar-refractivity contribution is -0.147. The Bertz CT molecular complexity index is 1780. The van der Waals surface area contributed by atoms with Crippen LogP contribution in [0.25, 0.3) is 32.1 Å². The molecule has 4 aromatic rings. The molecule has 2 aromatic heterocycles. The Morgan fingerprint density at radius 3 is 2.43 bits per heavy atom. The number of carboxylic acid groups (broad SMARTS) is 1. The number of rotatable bonds is 10. The number of nitrogens with one attached hydrogen (secondary N) is 1. The molecule has 2 aromatic carbocycles. The molecule has 9 nitrogen and oxygen atoms in total. The van der Waals surface area contributed by atoms with Crippen molar-refractivity contribution < 1.29 is 35.9 Å². The lowest BCUT2D eigenvalue weighted by Gasteiger charge is -2.21. The van der Waals surface area contributed by atoms with Crippen molar-refractivity contribution in [2.24, 2.45) is 11.3 Å². The summed E-state index contributed by atoms with van der Waals surface area (Å²) >= 11 is 1.30. The summed E-state index contributed by atoms with van der Waals surface area (Å²) in [6, 6.07) is 7.35. The standard InChI is InChI=1S/C30H33F3N4O5S2/c1-17(30(31,32)33)37-44(40,41)23-14-13-21(19-11-7-8-12-20(19)23)25-22(15-18-9-5-4-6-10-18)34-27(43-25)26-36-35-24(42-26)16-29(2,3)28(38)39/h7-8,11-14,17-18,37H,4-6,9-10,15-16H2,1-3H3,(H,38,39)/t17-/m0/s1. The van der Waals surface area contributed by atoms with E-state index in [1.54, 1.807) is 48.9 Å². The number of thiazole rings is 1. The largest absolute Gasteiger partial charge is 0.481 e. The SMILES string of the molecule is C[C@H](NS(=O)(=O)c1ccc(-c2sc(-c3nnc(CC(C)(C)C(=O)O)o3)nc2CC2CCCCC2)c2ccccc12)C(F)(F)F. The molecule has 5 rings (SSSR count). The summed E-state index contributed by atoms with van der Waals surface area (Å²) in [4.78, 5) is 17.0. The third kappa shape index (κ3) is 6.81. The third-order valence-electron chi connectivity index (χ3n) is 7.97. The summed E-state index contributed by atoms with van der Waals surface area (Å²) in [5.41, 5.74) is 0.356. The van der Waals surface area contributed by atoms with E-state index in [1.165, 1.54) is 23.8 Å². The number of hydrogen-bond donors (Lipinski definition) is 2. The Balaban J connectivity index is 1.59. The van der Waals surface area contributed by atoms with Gasteiger partial charge in [0.2, 0.25) is 15.9 Å². The molecule has 1 fully saturated rings. The number of benzene rings is 2. The van der Waals surface area contributed by atoms with Gasteiger partial charge in [-0.3, -0.25) is 4.79 Å². The van der Waals surface area contributed by atoms with Gasteiger partial charge in [0.25, 0.3) is 5.89 Å². The number of carboxylic acids is 1. The second-order valence-corrected chi connectivity index (χ2v) is 14.6. The van der Waals surface area contributed by atoms with E-state index < -0.39 is 33.6 Å². The fourth-order valence-electron chi connectivity index (χ4n) is 5.39. The maximum Gasteiger partial charge on any atom is 0.404 e. The van der Waals surface area contributed by atoms with Crippen molar-refractivity contribution in [3.8, 4) is 21.3 Å². The van der Waals surface area contributed by atoms with Crippen LogP contribution in [-0.4, -0.2) is 46.9 Å². The summed E-state index contributed by atoms with van der Waals surface area (Å²) in [7, 11) is -4.51. The number of nitrogens with zero attached hydrogens (tertiary/aromatic N) is 3. The van der Waals surface area contributed by atoms with Gasteiger partial charge >= 0.3 is 12.1 Å². The fourth-order valence-corrected chi connectivity index (χ4v) is 7.88. The topological polar surface area (TPSA) is 135 Å². The van der Waals surface area contributed by atoms with Crippen LogP contribution in [0.4, 0.5) is 13.2 Å². The highest BCUT2D eigenvalue weighted by molar-refractivity contribution is 7.89. The first-order valence-electron chi connectivity index (χ1n) is 14.3. The monoisotopic (exact) mass is 650 g/mol. The summed E-state index contributed by atoms with van der Waals surface area (Å²) < 4.78 is 73.5. The van der Waals surface area contributed by atoms with E-state index in [0.29, 0.717) is 28.3 Å². The fraction of sp³-hybridized carbons (Fsp3) is 0.467. The molecule has 44 heavy (non-hydrogen) atoms. The van der Waals surface area contributed by atoms with Crippen molar-refractivity contribution in [2.45, 2.75) is 82.8 Å². The van der Waals surface area contributed by atoms with E-state index in [-0.39, 0.29) is 28.5 Å². The normalized spacial score (nSPS) is 16.0. The van der Waals surface area contributed by atoms with Gasteiger partial charge in [-0.1, -0.05) is 62.4 Å². The van der Waals surface area contributed by atoms with Gasteiger partial charge in [0.1, 0.15) is 6.04 Å². The van der Waals surface area contributed by atoms with Crippen molar-refractivity contribution in [1.29, 1.82) is 0 Å². The highest BCUT2D eigenvalue weighted by Gasteiger charge is 2.39. The molecular weight excluding hydrogens is 617 g/mol. The molecule has 0 unspecified atom stereocenters. The number of alkyl halides is 3. The smallest absolute Gasteiger partial charge is 0.404 e. The molecule has 0 bridgehead atoms. The number of aromatic nitrogens is 3. The van der Waals surface area contributed by atoms with Crippen molar-refractivity contribution in [3.05, 3.63) is 48.0 Å². The molecule has 0 amide bonds. The number of halogens is 3. The zero-order valence-electron chi connectivity index (χ0n) is 24.4. The number of carbonyl (C=O) groups is 1. The van der Waals surface area contributed by atoms with Gasteiger partial charge in [-0.2, -0.15) is 17.9 Å². The van der Waals surface area contributed by atoms with E-state index in [4.69, 9.17) is 9.40 Å². The van der Waals surface area contributed by atoms with Crippen molar-refractivity contribution >= 4 is 38.1 Å². The molecule has 14 heteroatoms. The Morgan fingerprint density at radius 2 is 1.77 bits per heavy atom. The first-order chi connectivity index (χ1) is 20.7. The summed E-state index contributed by atoms with van der Waals surface area (Å²) in [5.74, 6) is -0.273. The van der Waals surface area contributed by atoms with Crippen LogP contribution in [0.1, 0.15) is 64.5 Å². The van der Waals surface area contributed by atoms with E-state index in [1.807, 2.05) is 0 Å². The third-order valence-corrected chi connectivity index (χ3v) is 10.7. The number of hydrogen-bond acceptors (Lipinski definition) is 8. The van der Waals surface area contributed by atoms with Gasteiger partial charge in [0.15, 0.2) is 5.01 Å². The molecule has 1 aliphatic carbocycles. The maximum absolute atomic E-state index is 13.2. The lowest BCUT2D eigenvalue weighted by atomic mass is 9.85. The number of aliphatic carboxylic acids is 1. The van der Waals surface area contributed by atoms with Crippen LogP contribution in [0, 0.1) is 11.3 Å². The number of fused-ring (bicyclic) bond motifs is 1. The number of sulfonamides is 1. The van der Waals surface area contributed by atoms with Gasteiger partial charge in [0.05, 0.1) is 20.9 Å².